The first-order chi connectivity index (χ1) is 13.8. The highest BCUT2D eigenvalue weighted by Crippen LogP contribution is 2.24. The first-order valence-corrected chi connectivity index (χ1v) is 9.92. The first kappa shape index (κ1) is 22.8. The second-order valence-electron chi connectivity index (χ2n) is 7.76. The number of nitro benzene ring substituents is 1. The highest BCUT2D eigenvalue weighted by Gasteiger charge is 2.27. The molecule has 1 aromatic rings. The van der Waals surface area contributed by atoms with Crippen molar-refractivity contribution in [3.05, 3.63) is 39.9 Å². The molecule has 0 radical (unpaired) electrons. The Morgan fingerprint density at radius 2 is 1.66 bits per heavy atom. The van der Waals surface area contributed by atoms with E-state index in [9.17, 15) is 10.1 Å². The van der Waals surface area contributed by atoms with Gasteiger partial charge in [-0.3, -0.25) is 15.0 Å². The minimum atomic E-state index is -1.82. The molecule has 0 unspecified atom stereocenters. The van der Waals surface area contributed by atoms with Crippen molar-refractivity contribution in [1.29, 1.82) is 0 Å². The maximum absolute atomic E-state index is 10.9. The Labute approximate surface area is 170 Å². The Hall–Kier alpha value is -2.52. The van der Waals surface area contributed by atoms with Crippen LogP contribution in [0, 0.1) is 16.0 Å². The number of nitrogens with zero attached hydrogens (tertiary/aromatic N) is 3. The van der Waals surface area contributed by atoms with Gasteiger partial charge in [0.2, 0.25) is 0 Å². The Bertz CT molecular complexity index is 698. The number of rotatable bonds is 4. The molecule has 0 saturated carbocycles. The summed E-state index contributed by atoms with van der Waals surface area (Å²) in [7, 11) is 0. The Kier molecular flexibility index (Phi) is 8.53. The van der Waals surface area contributed by atoms with Crippen molar-refractivity contribution in [2.75, 3.05) is 26.2 Å². The highest BCUT2D eigenvalue weighted by molar-refractivity contribution is 6.27. The number of non-ortho nitro benzene ring substituents is 1. The van der Waals surface area contributed by atoms with Gasteiger partial charge in [0.15, 0.2) is 0 Å². The minimum absolute atomic E-state index is 0.194. The first-order valence-electron chi connectivity index (χ1n) is 9.92. The summed E-state index contributed by atoms with van der Waals surface area (Å²) < 4.78 is 0. The van der Waals surface area contributed by atoms with Gasteiger partial charge in [-0.1, -0.05) is 19.1 Å². The van der Waals surface area contributed by atoms with Gasteiger partial charge in [0.25, 0.3) is 5.69 Å². The molecule has 160 valence electrons. The third-order valence-electron chi connectivity index (χ3n) is 5.60. The van der Waals surface area contributed by atoms with Crippen LogP contribution in [0.3, 0.4) is 0 Å². The summed E-state index contributed by atoms with van der Waals surface area (Å²) in [6, 6.07) is 7.79. The highest BCUT2D eigenvalue weighted by atomic mass is 16.6. The van der Waals surface area contributed by atoms with Crippen LogP contribution in [0.5, 0.6) is 0 Å². The van der Waals surface area contributed by atoms with Crippen molar-refractivity contribution in [2.45, 2.75) is 45.2 Å². The SMILES string of the molecule is CC1CCN(C2CCN(Cc3cccc([N+](=O)[O-])c3)CC2)CC1.O=C(O)C(=O)O. The molecule has 0 aromatic heterocycles. The Morgan fingerprint density at radius 3 is 2.17 bits per heavy atom. The molecule has 2 heterocycles. The van der Waals surface area contributed by atoms with Gasteiger partial charge in [0, 0.05) is 24.7 Å². The third kappa shape index (κ3) is 7.43. The molecular formula is C20H29N3O6. The van der Waals surface area contributed by atoms with Gasteiger partial charge in [-0.2, -0.15) is 0 Å². The van der Waals surface area contributed by atoms with E-state index in [1.807, 2.05) is 6.07 Å². The molecule has 2 aliphatic heterocycles. The van der Waals surface area contributed by atoms with Gasteiger partial charge in [0.1, 0.15) is 0 Å². The zero-order chi connectivity index (χ0) is 21.4. The van der Waals surface area contributed by atoms with Gasteiger partial charge in [-0.05, 0) is 63.3 Å². The van der Waals surface area contributed by atoms with Crippen molar-refractivity contribution in [3.63, 3.8) is 0 Å². The fourth-order valence-electron chi connectivity index (χ4n) is 3.86. The quantitative estimate of drug-likeness (QED) is 0.443. The van der Waals surface area contributed by atoms with Crippen LogP contribution in [0.15, 0.2) is 24.3 Å². The predicted octanol–water partition coefficient (Wildman–Crippen LogP) is 2.45. The summed E-state index contributed by atoms with van der Waals surface area (Å²) in [5.74, 6) is -2.76. The van der Waals surface area contributed by atoms with Crippen molar-refractivity contribution >= 4 is 17.6 Å². The van der Waals surface area contributed by atoms with E-state index >= 15 is 0 Å². The topological polar surface area (TPSA) is 124 Å². The number of hydrogen-bond acceptors (Lipinski definition) is 6. The molecule has 2 N–H and O–H groups in total. The number of likely N-dealkylation sites (tertiary alicyclic amines) is 2. The summed E-state index contributed by atoms with van der Waals surface area (Å²) >= 11 is 0. The largest absolute Gasteiger partial charge is 0.473 e. The molecule has 0 bridgehead atoms. The summed E-state index contributed by atoms with van der Waals surface area (Å²) in [5, 5.41) is 25.7. The molecule has 2 fully saturated rings. The van der Waals surface area contributed by atoms with Crippen molar-refractivity contribution in [2.24, 2.45) is 5.92 Å². The Morgan fingerprint density at radius 1 is 1.07 bits per heavy atom. The maximum atomic E-state index is 10.9. The molecule has 0 spiro atoms. The number of aliphatic carboxylic acids is 2. The van der Waals surface area contributed by atoms with Gasteiger partial charge < -0.3 is 15.1 Å². The molecule has 2 saturated heterocycles. The molecule has 3 rings (SSSR count). The number of nitro groups is 1. The second kappa shape index (κ2) is 10.9. The van der Waals surface area contributed by atoms with Gasteiger partial charge >= 0.3 is 11.9 Å². The van der Waals surface area contributed by atoms with Crippen molar-refractivity contribution in [3.8, 4) is 0 Å². The van der Waals surface area contributed by atoms with E-state index in [2.05, 4.69) is 16.7 Å². The number of carboxylic acids is 2. The average Bonchev–Trinajstić information content (AvgIpc) is 2.70. The van der Waals surface area contributed by atoms with E-state index in [1.54, 1.807) is 18.2 Å². The lowest BCUT2D eigenvalue weighted by atomic mass is 9.95. The van der Waals surface area contributed by atoms with Gasteiger partial charge in [-0.25, -0.2) is 9.59 Å². The van der Waals surface area contributed by atoms with Gasteiger partial charge in [0.05, 0.1) is 4.92 Å². The van der Waals surface area contributed by atoms with Crippen LogP contribution in [-0.2, 0) is 16.1 Å². The maximum Gasteiger partial charge on any atom is 0.414 e. The summed E-state index contributed by atoms with van der Waals surface area (Å²) in [4.78, 5) is 33.9. The predicted molar refractivity (Wildman–Crippen MR) is 107 cm³/mol. The summed E-state index contributed by atoms with van der Waals surface area (Å²) in [6.45, 7) is 7.90. The number of carboxylic acid groups (broad SMARTS) is 2. The van der Waals surface area contributed by atoms with Crippen LogP contribution in [0.2, 0.25) is 0 Å². The van der Waals surface area contributed by atoms with Crippen LogP contribution in [0.25, 0.3) is 0 Å². The molecule has 2 aliphatic rings. The van der Waals surface area contributed by atoms with E-state index in [-0.39, 0.29) is 10.6 Å². The van der Waals surface area contributed by atoms with E-state index < -0.39 is 11.9 Å². The molecule has 0 amide bonds. The average molecular weight is 407 g/mol. The number of benzene rings is 1. The molecule has 0 aliphatic carbocycles. The smallest absolute Gasteiger partial charge is 0.414 e. The zero-order valence-electron chi connectivity index (χ0n) is 16.7. The Balaban J connectivity index is 0.000000438. The lowest BCUT2D eigenvalue weighted by Crippen LogP contribution is -2.47. The summed E-state index contributed by atoms with van der Waals surface area (Å²) in [6.07, 6.45) is 5.13. The minimum Gasteiger partial charge on any atom is -0.473 e. The van der Waals surface area contributed by atoms with E-state index in [1.165, 1.54) is 38.8 Å². The fourth-order valence-corrected chi connectivity index (χ4v) is 3.86. The second-order valence-corrected chi connectivity index (χ2v) is 7.76. The molecular weight excluding hydrogens is 378 g/mol. The fraction of sp³-hybridized carbons (Fsp3) is 0.600. The van der Waals surface area contributed by atoms with Crippen LogP contribution in [0.1, 0.15) is 38.2 Å². The molecule has 9 heteroatoms. The van der Waals surface area contributed by atoms with Crippen molar-refractivity contribution in [1.82, 2.24) is 9.80 Å². The number of piperidine rings is 2. The molecule has 9 nitrogen and oxygen atoms in total. The number of hydrogen-bond donors (Lipinski definition) is 2. The third-order valence-corrected chi connectivity index (χ3v) is 5.60. The monoisotopic (exact) mass is 407 g/mol. The van der Waals surface area contributed by atoms with Crippen molar-refractivity contribution < 1.29 is 24.7 Å². The van der Waals surface area contributed by atoms with E-state index in [0.717, 1.165) is 37.2 Å². The molecule has 1 aromatic carbocycles. The standard InChI is InChI=1S/C18H27N3O2.C2H2O4/c1-15-5-11-20(12-6-15)17-7-9-19(10-8-17)14-16-3-2-4-18(13-16)21(22)23;3-1(4)2(5)6/h2-4,13,15,17H,5-12,14H2,1H3;(H,3,4)(H,5,6). The van der Waals surface area contributed by atoms with E-state index in [4.69, 9.17) is 19.8 Å². The van der Waals surface area contributed by atoms with Crippen LogP contribution >= 0.6 is 0 Å². The normalized spacial score (nSPS) is 19.2. The lowest BCUT2D eigenvalue weighted by Gasteiger charge is -2.41. The van der Waals surface area contributed by atoms with Gasteiger partial charge in [-0.15, -0.1) is 0 Å². The lowest BCUT2D eigenvalue weighted by molar-refractivity contribution is -0.384. The van der Waals surface area contributed by atoms with E-state index in [0.29, 0.717) is 0 Å². The zero-order valence-corrected chi connectivity index (χ0v) is 16.7. The number of carbonyl (C=O) groups is 2. The van der Waals surface area contributed by atoms with Crippen LogP contribution < -0.4 is 0 Å². The van der Waals surface area contributed by atoms with Crippen LogP contribution in [-0.4, -0.2) is 69.1 Å². The van der Waals surface area contributed by atoms with Crippen LogP contribution in [0.4, 0.5) is 5.69 Å². The molecule has 0 atom stereocenters. The molecule has 29 heavy (non-hydrogen) atoms. The summed E-state index contributed by atoms with van der Waals surface area (Å²) in [5.41, 5.74) is 1.24.